The maximum absolute atomic E-state index is 5.60. The summed E-state index contributed by atoms with van der Waals surface area (Å²) in [5, 5.41) is 7.17. The molecule has 2 fully saturated rings. The molecule has 4 rings (SSSR count). The Morgan fingerprint density at radius 3 is 2.36 bits per heavy atom. The van der Waals surface area contributed by atoms with E-state index >= 15 is 0 Å². The molecule has 1 saturated carbocycles. The molecule has 1 atom stereocenters. The Balaban J connectivity index is 0.00000306. The standard InChI is InChI=1S/C25H34N4O3.HI/c1-26-24(27-17-25(10-11-25)22-7-5-6-8-23(22)32-4)28-18-9-12-29(16-18)19-13-20(30-2)15-21(14-19)31-3;/h5-8,13-15,18H,9-12,16-17H2,1-4H3,(H2,26,27,28);1H. The van der Waals surface area contributed by atoms with Crippen molar-refractivity contribution in [3.63, 3.8) is 0 Å². The molecule has 1 unspecified atom stereocenters. The normalized spacial score (nSPS) is 18.8. The zero-order valence-corrected chi connectivity index (χ0v) is 22.2. The van der Waals surface area contributed by atoms with Crippen molar-refractivity contribution in [1.29, 1.82) is 0 Å². The molecule has 1 heterocycles. The molecule has 1 saturated heterocycles. The molecule has 2 aromatic carbocycles. The van der Waals surface area contributed by atoms with Crippen molar-refractivity contribution in [1.82, 2.24) is 10.6 Å². The summed E-state index contributed by atoms with van der Waals surface area (Å²) in [4.78, 5) is 6.83. The van der Waals surface area contributed by atoms with Gasteiger partial charge in [0.25, 0.3) is 0 Å². The van der Waals surface area contributed by atoms with Crippen molar-refractivity contribution in [2.45, 2.75) is 30.7 Å². The molecule has 8 heteroatoms. The number of hydrogen-bond acceptors (Lipinski definition) is 5. The first-order chi connectivity index (χ1) is 15.6. The van der Waals surface area contributed by atoms with Gasteiger partial charge in [-0.3, -0.25) is 4.99 Å². The highest BCUT2D eigenvalue weighted by Gasteiger charge is 2.46. The second-order valence-electron chi connectivity index (χ2n) is 8.55. The average Bonchev–Trinajstić information content (AvgIpc) is 3.49. The van der Waals surface area contributed by atoms with Crippen molar-refractivity contribution in [3.05, 3.63) is 48.0 Å². The lowest BCUT2D eigenvalue weighted by Crippen LogP contribution is -2.46. The highest BCUT2D eigenvalue weighted by molar-refractivity contribution is 14.0. The first-order valence-electron chi connectivity index (χ1n) is 11.2. The molecule has 33 heavy (non-hydrogen) atoms. The van der Waals surface area contributed by atoms with Crippen LogP contribution in [-0.2, 0) is 5.41 Å². The minimum atomic E-state index is 0. The fourth-order valence-electron chi connectivity index (χ4n) is 4.50. The summed E-state index contributed by atoms with van der Waals surface area (Å²) in [6.07, 6.45) is 3.36. The summed E-state index contributed by atoms with van der Waals surface area (Å²) >= 11 is 0. The second kappa shape index (κ2) is 11.2. The highest BCUT2D eigenvalue weighted by Crippen LogP contribution is 2.50. The number of methoxy groups -OCH3 is 3. The summed E-state index contributed by atoms with van der Waals surface area (Å²) in [6.45, 7) is 2.71. The van der Waals surface area contributed by atoms with Gasteiger partial charge in [0.1, 0.15) is 17.2 Å². The number of ether oxygens (including phenoxy) is 3. The Morgan fingerprint density at radius 2 is 1.76 bits per heavy atom. The highest BCUT2D eigenvalue weighted by atomic mass is 127. The number of hydrogen-bond donors (Lipinski definition) is 2. The van der Waals surface area contributed by atoms with Gasteiger partial charge in [-0.2, -0.15) is 0 Å². The quantitative estimate of drug-likeness (QED) is 0.288. The van der Waals surface area contributed by atoms with E-state index in [1.807, 2.05) is 25.2 Å². The topological polar surface area (TPSA) is 67.4 Å². The maximum atomic E-state index is 5.60. The maximum Gasteiger partial charge on any atom is 0.191 e. The molecule has 0 aromatic heterocycles. The lowest BCUT2D eigenvalue weighted by atomic mass is 9.95. The fraction of sp³-hybridized carbons (Fsp3) is 0.480. The third-order valence-corrected chi connectivity index (χ3v) is 6.58. The largest absolute Gasteiger partial charge is 0.497 e. The molecule has 1 aliphatic carbocycles. The van der Waals surface area contributed by atoms with Crippen LogP contribution >= 0.6 is 24.0 Å². The van der Waals surface area contributed by atoms with Crippen molar-refractivity contribution in [2.75, 3.05) is 52.9 Å². The van der Waals surface area contributed by atoms with Crippen molar-refractivity contribution in [3.8, 4) is 17.2 Å². The Bertz CT molecular complexity index is 942. The molecule has 0 spiro atoms. The van der Waals surface area contributed by atoms with E-state index in [1.54, 1.807) is 21.3 Å². The monoisotopic (exact) mass is 566 g/mol. The van der Waals surface area contributed by atoms with Crippen LogP contribution in [0, 0.1) is 0 Å². The van der Waals surface area contributed by atoms with Gasteiger partial charge >= 0.3 is 0 Å². The van der Waals surface area contributed by atoms with Crippen LogP contribution in [0.5, 0.6) is 17.2 Å². The molecule has 2 aliphatic rings. The van der Waals surface area contributed by atoms with Gasteiger partial charge in [0, 0.05) is 67.6 Å². The molecule has 1 aliphatic heterocycles. The summed E-state index contributed by atoms with van der Waals surface area (Å²) in [7, 11) is 6.94. The summed E-state index contributed by atoms with van der Waals surface area (Å²) in [6, 6.07) is 14.7. The molecular weight excluding hydrogens is 531 g/mol. The van der Waals surface area contributed by atoms with Gasteiger partial charge in [0.05, 0.1) is 21.3 Å². The zero-order valence-electron chi connectivity index (χ0n) is 19.9. The molecule has 0 amide bonds. The third kappa shape index (κ3) is 5.77. The van der Waals surface area contributed by atoms with E-state index in [1.165, 1.54) is 5.56 Å². The number of nitrogens with one attached hydrogen (secondary N) is 2. The van der Waals surface area contributed by atoms with Crippen molar-refractivity contribution in [2.24, 2.45) is 4.99 Å². The minimum absolute atomic E-state index is 0. The molecule has 180 valence electrons. The van der Waals surface area contributed by atoms with E-state index in [4.69, 9.17) is 14.2 Å². The summed E-state index contributed by atoms with van der Waals surface area (Å²) in [5.41, 5.74) is 2.52. The van der Waals surface area contributed by atoms with Crippen LogP contribution in [0.2, 0.25) is 0 Å². The van der Waals surface area contributed by atoms with E-state index in [0.29, 0.717) is 6.04 Å². The van der Waals surface area contributed by atoms with Gasteiger partial charge in [-0.05, 0) is 25.3 Å². The van der Waals surface area contributed by atoms with Gasteiger partial charge in [-0.1, -0.05) is 18.2 Å². The average molecular weight is 566 g/mol. The van der Waals surface area contributed by atoms with Gasteiger partial charge in [0.15, 0.2) is 5.96 Å². The number of benzene rings is 2. The van der Waals surface area contributed by atoms with Crippen LogP contribution in [0.1, 0.15) is 24.8 Å². The van der Waals surface area contributed by atoms with Gasteiger partial charge < -0.3 is 29.7 Å². The van der Waals surface area contributed by atoms with E-state index < -0.39 is 0 Å². The third-order valence-electron chi connectivity index (χ3n) is 6.58. The van der Waals surface area contributed by atoms with Crippen LogP contribution in [0.25, 0.3) is 0 Å². The van der Waals surface area contributed by atoms with Crippen molar-refractivity contribution < 1.29 is 14.2 Å². The second-order valence-corrected chi connectivity index (χ2v) is 8.55. The van der Waals surface area contributed by atoms with Crippen LogP contribution in [0.4, 0.5) is 5.69 Å². The van der Waals surface area contributed by atoms with Crippen LogP contribution < -0.4 is 29.7 Å². The minimum Gasteiger partial charge on any atom is -0.497 e. The predicted molar refractivity (Wildman–Crippen MR) is 144 cm³/mol. The number of anilines is 1. The molecule has 7 nitrogen and oxygen atoms in total. The van der Waals surface area contributed by atoms with Crippen LogP contribution in [-0.4, -0.2) is 60.0 Å². The molecule has 0 bridgehead atoms. The number of para-hydroxylation sites is 1. The fourth-order valence-corrected chi connectivity index (χ4v) is 4.50. The Kier molecular flexibility index (Phi) is 8.56. The Hall–Kier alpha value is -2.36. The number of rotatable bonds is 8. The molecule has 2 aromatic rings. The number of guanidine groups is 1. The number of halogens is 1. The smallest absolute Gasteiger partial charge is 0.191 e. The first-order valence-corrected chi connectivity index (χ1v) is 11.2. The van der Waals surface area contributed by atoms with E-state index in [2.05, 4.69) is 44.8 Å². The number of nitrogens with zero attached hydrogens (tertiary/aromatic N) is 2. The first kappa shape index (κ1) is 25.3. The molecule has 0 radical (unpaired) electrons. The van der Waals surface area contributed by atoms with Gasteiger partial charge in [-0.15, -0.1) is 24.0 Å². The van der Waals surface area contributed by atoms with E-state index in [9.17, 15) is 0 Å². The van der Waals surface area contributed by atoms with E-state index in [-0.39, 0.29) is 29.4 Å². The predicted octanol–water partition coefficient (Wildman–Crippen LogP) is 3.81. The lowest BCUT2D eigenvalue weighted by molar-refractivity contribution is 0.394. The zero-order chi connectivity index (χ0) is 22.6. The van der Waals surface area contributed by atoms with Crippen LogP contribution in [0.15, 0.2) is 47.5 Å². The van der Waals surface area contributed by atoms with Gasteiger partial charge in [0.2, 0.25) is 0 Å². The summed E-state index contributed by atoms with van der Waals surface area (Å²) < 4.78 is 16.5. The van der Waals surface area contributed by atoms with Gasteiger partial charge in [-0.25, -0.2) is 0 Å². The Labute approximate surface area is 213 Å². The lowest BCUT2D eigenvalue weighted by Gasteiger charge is -2.23. The molecular formula is C25H35IN4O3. The summed E-state index contributed by atoms with van der Waals surface area (Å²) in [5.74, 6) is 3.43. The van der Waals surface area contributed by atoms with E-state index in [0.717, 1.165) is 67.8 Å². The number of aliphatic imine (C=N–C) groups is 1. The molecule has 2 N–H and O–H groups in total. The van der Waals surface area contributed by atoms with Crippen molar-refractivity contribution >= 4 is 35.6 Å². The SMILES string of the molecule is CN=C(NCC1(c2ccccc2OC)CC1)NC1CCN(c2cc(OC)cc(OC)c2)C1.I. The van der Waals surface area contributed by atoms with Crippen LogP contribution in [0.3, 0.4) is 0 Å². The Morgan fingerprint density at radius 1 is 1.06 bits per heavy atom.